The van der Waals surface area contributed by atoms with Gasteiger partial charge in [0.1, 0.15) is 6.04 Å². The van der Waals surface area contributed by atoms with Crippen molar-refractivity contribution < 1.29 is 9.90 Å². The van der Waals surface area contributed by atoms with Gasteiger partial charge < -0.3 is 5.11 Å². The molecule has 1 aromatic carbocycles. The van der Waals surface area contributed by atoms with Crippen molar-refractivity contribution in [1.29, 1.82) is 0 Å². The molecule has 3 nitrogen and oxygen atoms in total. The van der Waals surface area contributed by atoms with Crippen LogP contribution >= 0.6 is 0 Å². The van der Waals surface area contributed by atoms with Crippen LogP contribution in [-0.2, 0) is 11.3 Å². The number of hydrogen-bond acceptors (Lipinski definition) is 2. The van der Waals surface area contributed by atoms with E-state index >= 15 is 0 Å². The molecule has 0 spiro atoms. The summed E-state index contributed by atoms with van der Waals surface area (Å²) in [5, 5.41) is 9.45. The molecule has 1 N–H and O–H groups in total. The number of carboxylic acids is 1. The molecule has 0 aromatic heterocycles. The first kappa shape index (κ1) is 15.0. The third kappa shape index (κ3) is 3.21. The summed E-state index contributed by atoms with van der Waals surface area (Å²) in [4.78, 5) is 13.6. The Hall–Kier alpha value is -1.35. The summed E-state index contributed by atoms with van der Waals surface area (Å²) in [6.07, 6.45) is 1.85. The second kappa shape index (κ2) is 5.96. The van der Waals surface area contributed by atoms with Gasteiger partial charge in [-0.25, -0.2) is 0 Å². The second-order valence-electron chi connectivity index (χ2n) is 6.33. The van der Waals surface area contributed by atoms with E-state index < -0.39 is 5.97 Å². The van der Waals surface area contributed by atoms with Gasteiger partial charge in [0.15, 0.2) is 0 Å². The highest BCUT2D eigenvalue weighted by molar-refractivity contribution is 5.73. The van der Waals surface area contributed by atoms with Gasteiger partial charge in [0, 0.05) is 6.54 Å². The van der Waals surface area contributed by atoms with Gasteiger partial charge >= 0.3 is 5.97 Å². The van der Waals surface area contributed by atoms with Crippen LogP contribution in [0, 0.1) is 26.7 Å². The number of likely N-dealkylation sites (tertiary alicyclic amines) is 1. The zero-order valence-corrected chi connectivity index (χ0v) is 12.9. The average molecular weight is 275 g/mol. The van der Waals surface area contributed by atoms with E-state index in [2.05, 4.69) is 44.7 Å². The van der Waals surface area contributed by atoms with Crippen molar-refractivity contribution in [1.82, 2.24) is 4.90 Å². The van der Waals surface area contributed by atoms with Crippen molar-refractivity contribution in [2.75, 3.05) is 6.54 Å². The minimum Gasteiger partial charge on any atom is -0.480 e. The number of carboxylic acid groups (broad SMARTS) is 1. The highest BCUT2D eigenvalue weighted by Gasteiger charge is 2.31. The average Bonchev–Trinajstić information content (AvgIpc) is 2.34. The Balaban J connectivity index is 2.22. The maximum Gasteiger partial charge on any atom is 0.320 e. The standard InChI is InChI=1S/C17H25NO2/c1-11-5-6-18(16(9-11)17(19)20)10-15-13(3)7-12(2)8-14(15)4/h7-8,11,16H,5-6,9-10H2,1-4H3,(H,19,20). The molecule has 20 heavy (non-hydrogen) atoms. The maximum absolute atomic E-state index is 11.5. The van der Waals surface area contributed by atoms with Crippen LogP contribution in [0.3, 0.4) is 0 Å². The van der Waals surface area contributed by atoms with Gasteiger partial charge in [0.2, 0.25) is 0 Å². The molecule has 110 valence electrons. The molecular weight excluding hydrogens is 250 g/mol. The van der Waals surface area contributed by atoms with Crippen LogP contribution < -0.4 is 0 Å². The number of aryl methyl sites for hydroxylation is 3. The van der Waals surface area contributed by atoms with Crippen molar-refractivity contribution in [2.24, 2.45) is 5.92 Å². The molecule has 0 radical (unpaired) electrons. The molecule has 2 rings (SSSR count). The van der Waals surface area contributed by atoms with Crippen LogP contribution in [0.1, 0.15) is 42.0 Å². The molecule has 0 saturated carbocycles. The van der Waals surface area contributed by atoms with Gasteiger partial charge in [-0.05, 0) is 62.8 Å². The maximum atomic E-state index is 11.5. The van der Waals surface area contributed by atoms with E-state index in [0.29, 0.717) is 5.92 Å². The van der Waals surface area contributed by atoms with Gasteiger partial charge in [-0.15, -0.1) is 0 Å². The SMILES string of the molecule is Cc1cc(C)c(CN2CCC(C)CC2C(=O)O)c(C)c1. The summed E-state index contributed by atoms with van der Waals surface area (Å²) in [5.41, 5.74) is 5.10. The van der Waals surface area contributed by atoms with Crippen LogP contribution in [-0.4, -0.2) is 28.6 Å². The largest absolute Gasteiger partial charge is 0.480 e. The van der Waals surface area contributed by atoms with E-state index in [0.717, 1.165) is 25.9 Å². The quantitative estimate of drug-likeness (QED) is 0.920. The highest BCUT2D eigenvalue weighted by Crippen LogP contribution is 2.26. The lowest BCUT2D eigenvalue weighted by atomic mass is 9.91. The zero-order valence-electron chi connectivity index (χ0n) is 12.9. The van der Waals surface area contributed by atoms with Crippen molar-refractivity contribution in [3.8, 4) is 0 Å². The molecule has 2 atom stereocenters. The molecule has 0 amide bonds. The minimum atomic E-state index is -0.682. The molecule has 1 aliphatic heterocycles. The molecular formula is C17H25NO2. The Bertz CT molecular complexity index is 487. The van der Waals surface area contributed by atoms with E-state index in [1.807, 2.05) is 0 Å². The lowest BCUT2D eigenvalue weighted by Crippen LogP contribution is -2.46. The normalized spacial score (nSPS) is 23.8. The topological polar surface area (TPSA) is 40.5 Å². The van der Waals surface area contributed by atoms with Crippen LogP contribution in [0.5, 0.6) is 0 Å². The van der Waals surface area contributed by atoms with Crippen LogP contribution in [0.2, 0.25) is 0 Å². The summed E-state index contributed by atoms with van der Waals surface area (Å²) in [6.45, 7) is 10.1. The monoisotopic (exact) mass is 275 g/mol. The summed E-state index contributed by atoms with van der Waals surface area (Å²) in [7, 11) is 0. The number of nitrogens with zero attached hydrogens (tertiary/aromatic N) is 1. The van der Waals surface area contributed by atoms with Gasteiger partial charge in [0.25, 0.3) is 0 Å². The van der Waals surface area contributed by atoms with Crippen molar-refractivity contribution in [3.05, 3.63) is 34.4 Å². The molecule has 3 heteroatoms. The van der Waals surface area contributed by atoms with Crippen molar-refractivity contribution in [2.45, 2.75) is 53.1 Å². The first-order valence-corrected chi connectivity index (χ1v) is 7.42. The molecule has 1 heterocycles. The second-order valence-corrected chi connectivity index (χ2v) is 6.33. The van der Waals surface area contributed by atoms with E-state index in [1.165, 1.54) is 22.3 Å². The number of aliphatic carboxylic acids is 1. The smallest absolute Gasteiger partial charge is 0.320 e. The molecule has 0 aliphatic carbocycles. The zero-order chi connectivity index (χ0) is 14.9. The summed E-state index contributed by atoms with van der Waals surface area (Å²) >= 11 is 0. The van der Waals surface area contributed by atoms with Gasteiger partial charge in [-0.3, -0.25) is 9.69 Å². The Labute approximate surface area is 121 Å². The van der Waals surface area contributed by atoms with Crippen molar-refractivity contribution in [3.63, 3.8) is 0 Å². The predicted octanol–water partition coefficient (Wildman–Crippen LogP) is 3.30. The Kier molecular flexibility index (Phi) is 4.48. The highest BCUT2D eigenvalue weighted by atomic mass is 16.4. The number of hydrogen-bond donors (Lipinski definition) is 1. The van der Waals surface area contributed by atoms with Crippen LogP contribution in [0.25, 0.3) is 0 Å². The van der Waals surface area contributed by atoms with E-state index in [-0.39, 0.29) is 6.04 Å². The first-order valence-electron chi connectivity index (χ1n) is 7.42. The number of rotatable bonds is 3. The first-order chi connectivity index (χ1) is 9.38. The summed E-state index contributed by atoms with van der Waals surface area (Å²) < 4.78 is 0. The Morgan fingerprint density at radius 2 is 1.90 bits per heavy atom. The van der Waals surface area contributed by atoms with E-state index in [9.17, 15) is 9.90 Å². The molecule has 1 aromatic rings. The predicted molar refractivity (Wildman–Crippen MR) is 80.9 cm³/mol. The lowest BCUT2D eigenvalue weighted by Gasteiger charge is -2.36. The van der Waals surface area contributed by atoms with Gasteiger partial charge in [0.05, 0.1) is 0 Å². The van der Waals surface area contributed by atoms with Gasteiger partial charge in [-0.1, -0.05) is 24.6 Å². The number of benzene rings is 1. The summed E-state index contributed by atoms with van der Waals surface area (Å²) in [5.74, 6) is -0.175. The number of carbonyl (C=O) groups is 1. The molecule has 2 unspecified atom stereocenters. The Morgan fingerprint density at radius 3 is 2.45 bits per heavy atom. The van der Waals surface area contributed by atoms with E-state index in [4.69, 9.17) is 0 Å². The fourth-order valence-corrected chi connectivity index (χ4v) is 3.30. The molecule has 1 saturated heterocycles. The van der Waals surface area contributed by atoms with Gasteiger partial charge in [-0.2, -0.15) is 0 Å². The fraction of sp³-hybridized carbons (Fsp3) is 0.588. The third-order valence-corrected chi connectivity index (χ3v) is 4.46. The molecule has 1 fully saturated rings. The molecule has 0 bridgehead atoms. The van der Waals surface area contributed by atoms with Crippen molar-refractivity contribution >= 4 is 5.97 Å². The van der Waals surface area contributed by atoms with E-state index in [1.54, 1.807) is 0 Å². The minimum absolute atomic E-state index is 0.334. The lowest BCUT2D eigenvalue weighted by molar-refractivity contribution is -0.145. The molecule has 1 aliphatic rings. The third-order valence-electron chi connectivity index (χ3n) is 4.46. The van der Waals surface area contributed by atoms with Crippen LogP contribution in [0.4, 0.5) is 0 Å². The summed E-state index contributed by atoms with van der Waals surface area (Å²) in [6, 6.07) is 4.04. The Morgan fingerprint density at radius 1 is 1.30 bits per heavy atom. The van der Waals surface area contributed by atoms with Crippen LogP contribution in [0.15, 0.2) is 12.1 Å². The number of piperidine rings is 1. The fourth-order valence-electron chi connectivity index (χ4n) is 3.30.